The molecule has 0 unspecified atom stereocenters. The molecule has 1 aromatic heterocycles. The Hall–Kier alpha value is -1.09. The van der Waals surface area contributed by atoms with E-state index in [1.54, 1.807) is 0 Å². The maximum absolute atomic E-state index is 4.50. The Balaban J connectivity index is 1.71. The fourth-order valence-electron chi connectivity index (χ4n) is 3.13. The SMILES string of the molecule is CCC1CCN(c2cc(C)ncc2CNC2CC2)CC1. The fourth-order valence-corrected chi connectivity index (χ4v) is 3.13. The van der Waals surface area contributed by atoms with E-state index in [1.807, 2.05) is 0 Å². The fraction of sp³-hybridized carbons (Fsp3) is 0.706. The Morgan fingerprint density at radius 3 is 2.65 bits per heavy atom. The molecule has 2 heterocycles. The number of aryl methyl sites for hydroxylation is 1. The molecule has 0 atom stereocenters. The number of nitrogens with one attached hydrogen (secondary N) is 1. The van der Waals surface area contributed by atoms with Gasteiger partial charge in [0, 0.05) is 48.8 Å². The average molecular weight is 273 g/mol. The van der Waals surface area contributed by atoms with Gasteiger partial charge in [-0.3, -0.25) is 4.98 Å². The maximum atomic E-state index is 4.50. The summed E-state index contributed by atoms with van der Waals surface area (Å²) >= 11 is 0. The van der Waals surface area contributed by atoms with Crippen LogP contribution >= 0.6 is 0 Å². The van der Waals surface area contributed by atoms with Crippen LogP contribution in [0.2, 0.25) is 0 Å². The molecule has 0 radical (unpaired) electrons. The van der Waals surface area contributed by atoms with Crippen LogP contribution in [0, 0.1) is 12.8 Å². The van der Waals surface area contributed by atoms with E-state index in [2.05, 4.69) is 41.3 Å². The second kappa shape index (κ2) is 6.13. The number of nitrogens with zero attached hydrogens (tertiary/aromatic N) is 2. The van der Waals surface area contributed by atoms with Crippen LogP contribution in [0.25, 0.3) is 0 Å². The molecule has 20 heavy (non-hydrogen) atoms. The van der Waals surface area contributed by atoms with Gasteiger partial charge in [0.1, 0.15) is 0 Å². The van der Waals surface area contributed by atoms with E-state index in [0.717, 1.165) is 24.2 Å². The lowest BCUT2D eigenvalue weighted by atomic mass is 9.94. The standard InChI is InChI=1S/C17H27N3/c1-3-14-6-8-20(9-7-14)17-10-13(2)18-11-15(17)12-19-16-4-5-16/h10-11,14,16,19H,3-9,12H2,1-2H3. The molecule has 1 saturated carbocycles. The Morgan fingerprint density at radius 2 is 2.00 bits per heavy atom. The highest BCUT2D eigenvalue weighted by Crippen LogP contribution is 2.28. The Bertz CT molecular complexity index is 446. The number of piperidine rings is 1. The van der Waals surface area contributed by atoms with Crippen molar-refractivity contribution in [3.05, 3.63) is 23.5 Å². The molecule has 2 aliphatic rings. The lowest BCUT2D eigenvalue weighted by Crippen LogP contribution is -2.34. The first kappa shape index (κ1) is 13.9. The van der Waals surface area contributed by atoms with Gasteiger partial charge in [0.25, 0.3) is 0 Å². The third-order valence-corrected chi connectivity index (χ3v) is 4.79. The lowest BCUT2D eigenvalue weighted by molar-refractivity contribution is 0.394. The minimum Gasteiger partial charge on any atom is -0.371 e. The number of aromatic nitrogens is 1. The molecule has 1 N–H and O–H groups in total. The molecule has 0 spiro atoms. The summed E-state index contributed by atoms with van der Waals surface area (Å²) in [6.45, 7) is 7.81. The summed E-state index contributed by atoms with van der Waals surface area (Å²) in [4.78, 5) is 7.07. The molecular weight excluding hydrogens is 246 g/mol. The van der Waals surface area contributed by atoms with Crippen molar-refractivity contribution in [1.82, 2.24) is 10.3 Å². The van der Waals surface area contributed by atoms with Crippen molar-refractivity contribution in [1.29, 1.82) is 0 Å². The topological polar surface area (TPSA) is 28.2 Å². The van der Waals surface area contributed by atoms with Crippen LogP contribution in [-0.4, -0.2) is 24.1 Å². The van der Waals surface area contributed by atoms with Crippen molar-refractivity contribution < 1.29 is 0 Å². The Morgan fingerprint density at radius 1 is 1.25 bits per heavy atom. The van der Waals surface area contributed by atoms with Crippen molar-refractivity contribution in [2.24, 2.45) is 5.92 Å². The van der Waals surface area contributed by atoms with Crippen molar-refractivity contribution in [2.45, 2.75) is 58.5 Å². The molecule has 3 heteroatoms. The second-order valence-electron chi connectivity index (χ2n) is 6.45. The molecule has 0 aromatic carbocycles. The van der Waals surface area contributed by atoms with E-state index < -0.39 is 0 Å². The van der Waals surface area contributed by atoms with Gasteiger partial charge in [0.15, 0.2) is 0 Å². The van der Waals surface area contributed by atoms with Crippen LogP contribution in [0.15, 0.2) is 12.3 Å². The third kappa shape index (κ3) is 3.32. The first-order valence-corrected chi connectivity index (χ1v) is 8.20. The molecule has 1 aromatic rings. The van der Waals surface area contributed by atoms with Gasteiger partial charge in [-0.2, -0.15) is 0 Å². The Labute approximate surface area is 122 Å². The summed E-state index contributed by atoms with van der Waals surface area (Å²) in [6.07, 6.45) is 8.78. The first-order valence-electron chi connectivity index (χ1n) is 8.20. The van der Waals surface area contributed by atoms with Gasteiger partial charge in [-0.05, 0) is 44.6 Å². The number of hydrogen-bond acceptors (Lipinski definition) is 3. The summed E-state index contributed by atoms with van der Waals surface area (Å²) in [7, 11) is 0. The van der Waals surface area contributed by atoms with Gasteiger partial charge in [0.2, 0.25) is 0 Å². The summed E-state index contributed by atoms with van der Waals surface area (Å²) < 4.78 is 0. The highest BCUT2D eigenvalue weighted by Gasteiger charge is 2.23. The smallest absolute Gasteiger partial charge is 0.0445 e. The molecule has 2 fully saturated rings. The largest absolute Gasteiger partial charge is 0.371 e. The molecule has 3 rings (SSSR count). The van der Waals surface area contributed by atoms with Crippen LogP contribution in [-0.2, 0) is 6.54 Å². The molecule has 0 amide bonds. The summed E-state index contributed by atoms with van der Waals surface area (Å²) in [5.74, 6) is 0.933. The van der Waals surface area contributed by atoms with Crippen LogP contribution < -0.4 is 10.2 Å². The maximum Gasteiger partial charge on any atom is 0.0445 e. The molecule has 110 valence electrons. The van der Waals surface area contributed by atoms with Crippen molar-refractivity contribution in [3.63, 3.8) is 0 Å². The zero-order chi connectivity index (χ0) is 13.9. The molecule has 1 saturated heterocycles. The molecule has 0 bridgehead atoms. The normalized spacial score (nSPS) is 20.4. The third-order valence-electron chi connectivity index (χ3n) is 4.79. The summed E-state index contributed by atoms with van der Waals surface area (Å²) in [6, 6.07) is 3.03. The van der Waals surface area contributed by atoms with Crippen molar-refractivity contribution >= 4 is 5.69 Å². The molecule has 3 nitrogen and oxygen atoms in total. The minimum atomic E-state index is 0.759. The number of hydrogen-bond donors (Lipinski definition) is 1. The van der Waals surface area contributed by atoms with Gasteiger partial charge in [-0.25, -0.2) is 0 Å². The van der Waals surface area contributed by atoms with E-state index >= 15 is 0 Å². The zero-order valence-corrected chi connectivity index (χ0v) is 12.9. The molecular formula is C17H27N3. The lowest BCUT2D eigenvalue weighted by Gasteiger charge is -2.34. The minimum absolute atomic E-state index is 0.759. The van der Waals surface area contributed by atoms with Crippen LogP contribution in [0.3, 0.4) is 0 Å². The molecule has 1 aliphatic carbocycles. The van der Waals surface area contributed by atoms with Crippen LogP contribution in [0.4, 0.5) is 5.69 Å². The monoisotopic (exact) mass is 273 g/mol. The van der Waals surface area contributed by atoms with Gasteiger partial charge >= 0.3 is 0 Å². The van der Waals surface area contributed by atoms with Gasteiger partial charge in [-0.1, -0.05) is 13.3 Å². The number of pyridine rings is 1. The number of rotatable bonds is 5. The van der Waals surface area contributed by atoms with Crippen molar-refractivity contribution in [3.8, 4) is 0 Å². The predicted molar refractivity (Wildman–Crippen MR) is 84.1 cm³/mol. The van der Waals surface area contributed by atoms with Gasteiger partial charge in [0.05, 0.1) is 0 Å². The summed E-state index contributed by atoms with van der Waals surface area (Å²) in [5.41, 5.74) is 3.92. The Kier molecular flexibility index (Phi) is 4.25. The number of anilines is 1. The van der Waals surface area contributed by atoms with E-state index in [0.29, 0.717) is 0 Å². The average Bonchev–Trinajstić information content (AvgIpc) is 3.30. The van der Waals surface area contributed by atoms with Crippen LogP contribution in [0.1, 0.15) is 50.3 Å². The van der Waals surface area contributed by atoms with Crippen molar-refractivity contribution in [2.75, 3.05) is 18.0 Å². The van der Waals surface area contributed by atoms with Gasteiger partial charge < -0.3 is 10.2 Å². The van der Waals surface area contributed by atoms with Crippen LogP contribution in [0.5, 0.6) is 0 Å². The van der Waals surface area contributed by atoms with Gasteiger partial charge in [-0.15, -0.1) is 0 Å². The first-order chi connectivity index (χ1) is 9.76. The second-order valence-corrected chi connectivity index (χ2v) is 6.45. The van der Waals surface area contributed by atoms with E-state index in [9.17, 15) is 0 Å². The highest BCUT2D eigenvalue weighted by atomic mass is 15.1. The van der Waals surface area contributed by atoms with E-state index in [4.69, 9.17) is 0 Å². The zero-order valence-electron chi connectivity index (χ0n) is 12.9. The quantitative estimate of drug-likeness (QED) is 0.892. The van der Waals surface area contributed by atoms with E-state index in [-0.39, 0.29) is 0 Å². The molecule has 1 aliphatic heterocycles. The highest BCUT2D eigenvalue weighted by molar-refractivity contribution is 5.54. The predicted octanol–water partition coefficient (Wildman–Crippen LogP) is 3.27. The van der Waals surface area contributed by atoms with E-state index in [1.165, 1.54) is 56.4 Å². The summed E-state index contributed by atoms with van der Waals surface area (Å²) in [5, 5.41) is 3.63.